The molecule has 3 aromatic carbocycles. The van der Waals surface area contributed by atoms with Gasteiger partial charge in [0, 0.05) is 18.1 Å². The Labute approximate surface area is 234 Å². The number of hydrogen-bond acceptors (Lipinski definition) is 3. The van der Waals surface area contributed by atoms with Gasteiger partial charge in [-0.2, -0.15) is 0 Å². The summed E-state index contributed by atoms with van der Waals surface area (Å²) < 4.78 is 5.78. The number of halogens is 2. The van der Waals surface area contributed by atoms with Crippen LogP contribution in [0.3, 0.4) is 0 Å². The van der Waals surface area contributed by atoms with Gasteiger partial charge in [-0.05, 0) is 67.5 Å². The molecular weight excluding hydrogens is 519 g/mol. The van der Waals surface area contributed by atoms with Crippen LogP contribution >= 0.6 is 23.2 Å². The van der Waals surface area contributed by atoms with Crippen molar-refractivity contribution < 1.29 is 14.3 Å². The molecule has 7 heteroatoms. The van der Waals surface area contributed by atoms with E-state index in [1.165, 1.54) is 18.4 Å². The lowest BCUT2D eigenvalue weighted by Crippen LogP contribution is -2.45. The van der Waals surface area contributed by atoms with E-state index in [1.54, 1.807) is 41.3 Å². The van der Waals surface area contributed by atoms with Crippen LogP contribution in [-0.2, 0) is 16.1 Å². The molecular formula is C31H32Cl2N2O3. The van der Waals surface area contributed by atoms with Crippen LogP contribution in [0.15, 0.2) is 90.5 Å². The minimum atomic E-state index is -0.838. The molecule has 4 rings (SSSR count). The Bertz CT molecular complexity index is 1250. The highest BCUT2D eigenvalue weighted by Crippen LogP contribution is 2.27. The molecule has 198 valence electrons. The summed E-state index contributed by atoms with van der Waals surface area (Å²) in [4.78, 5) is 28.9. The van der Waals surface area contributed by atoms with E-state index < -0.39 is 6.04 Å². The zero-order valence-electron chi connectivity index (χ0n) is 21.2. The van der Waals surface area contributed by atoms with Gasteiger partial charge >= 0.3 is 0 Å². The van der Waals surface area contributed by atoms with Crippen LogP contribution < -0.4 is 10.1 Å². The number of nitrogens with one attached hydrogen (secondary N) is 1. The summed E-state index contributed by atoms with van der Waals surface area (Å²) in [6.45, 7) is 0.466. The molecule has 0 aliphatic heterocycles. The second-order valence-corrected chi connectivity index (χ2v) is 10.2. The fraction of sp³-hybridized carbons (Fsp3) is 0.290. The van der Waals surface area contributed by atoms with Crippen LogP contribution in [0, 0.1) is 0 Å². The smallest absolute Gasteiger partial charge is 0.261 e. The Morgan fingerprint density at radius 1 is 0.921 bits per heavy atom. The van der Waals surface area contributed by atoms with Crippen LogP contribution in [0.4, 0.5) is 0 Å². The number of carbonyl (C=O) groups is 2. The molecule has 0 saturated heterocycles. The molecule has 1 atom stereocenters. The Kier molecular flexibility index (Phi) is 10.2. The number of ether oxygens (including phenoxy) is 1. The third-order valence-electron chi connectivity index (χ3n) is 6.58. The van der Waals surface area contributed by atoms with Crippen LogP contribution in [0.1, 0.15) is 49.3 Å². The summed E-state index contributed by atoms with van der Waals surface area (Å²) in [5, 5.41) is 4.10. The zero-order chi connectivity index (χ0) is 26.7. The monoisotopic (exact) mass is 550 g/mol. The summed E-state index contributed by atoms with van der Waals surface area (Å²) in [7, 11) is 0. The van der Waals surface area contributed by atoms with Crippen molar-refractivity contribution in [3.8, 4) is 5.75 Å². The quantitative estimate of drug-likeness (QED) is 0.258. The van der Waals surface area contributed by atoms with Gasteiger partial charge in [0.05, 0.1) is 5.02 Å². The maximum atomic E-state index is 13.7. The molecule has 0 saturated carbocycles. The van der Waals surface area contributed by atoms with E-state index in [1.807, 2.05) is 42.5 Å². The lowest BCUT2D eigenvalue weighted by molar-refractivity contribution is -0.143. The average molecular weight is 552 g/mol. The van der Waals surface area contributed by atoms with Crippen LogP contribution in [-0.4, -0.2) is 29.9 Å². The first-order chi connectivity index (χ1) is 18.5. The van der Waals surface area contributed by atoms with Crippen LogP contribution in [0.5, 0.6) is 5.75 Å². The van der Waals surface area contributed by atoms with Crippen molar-refractivity contribution in [3.05, 3.63) is 112 Å². The predicted octanol–water partition coefficient (Wildman–Crippen LogP) is 7.15. The van der Waals surface area contributed by atoms with E-state index in [0.717, 1.165) is 30.4 Å². The van der Waals surface area contributed by atoms with Gasteiger partial charge in [-0.1, -0.05) is 89.4 Å². The molecule has 1 aliphatic carbocycles. The summed E-state index contributed by atoms with van der Waals surface area (Å²) >= 11 is 12.3. The number of carbonyl (C=O) groups excluding carboxylic acids is 2. The first-order valence-electron chi connectivity index (χ1n) is 12.9. The van der Waals surface area contributed by atoms with Crippen LogP contribution in [0.2, 0.25) is 10.0 Å². The van der Waals surface area contributed by atoms with Gasteiger partial charge in [-0.15, -0.1) is 0 Å². The van der Waals surface area contributed by atoms with E-state index in [2.05, 4.69) is 11.4 Å². The van der Waals surface area contributed by atoms with Gasteiger partial charge in [0.2, 0.25) is 5.91 Å². The normalized spacial score (nSPS) is 13.8. The Morgan fingerprint density at radius 3 is 2.37 bits per heavy atom. The highest BCUT2D eigenvalue weighted by atomic mass is 35.5. The van der Waals surface area contributed by atoms with Gasteiger partial charge in [-0.3, -0.25) is 9.59 Å². The maximum absolute atomic E-state index is 13.7. The molecule has 0 spiro atoms. The lowest BCUT2D eigenvalue weighted by atomic mass is 9.97. The highest BCUT2D eigenvalue weighted by molar-refractivity contribution is 6.32. The number of hydrogen-bond donors (Lipinski definition) is 1. The SMILES string of the molecule is O=C(NCCC1=CCCCC1)[C@H](c1ccccc1)N(Cc1ccc(Cl)cc1)C(=O)COc1ccccc1Cl. The maximum Gasteiger partial charge on any atom is 0.261 e. The van der Waals surface area contributed by atoms with Crippen molar-refractivity contribution >= 4 is 35.0 Å². The second kappa shape index (κ2) is 14.0. The van der Waals surface area contributed by atoms with Gasteiger partial charge < -0.3 is 15.0 Å². The summed E-state index contributed by atoms with van der Waals surface area (Å²) in [6, 6.07) is 22.8. The third-order valence-corrected chi connectivity index (χ3v) is 7.14. The van der Waals surface area contributed by atoms with Crippen molar-refractivity contribution in [2.45, 2.75) is 44.7 Å². The molecule has 0 bridgehead atoms. The fourth-order valence-electron chi connectivity index (χ4n) is 4.58. The molecule has 1 aliphatic rings. The first-order valence-corrected chi connectivity index (χ1v) is 13.7. The van der Waals surface area contributed by atoms with E-state index >= 15 is 0 Å². The van der Waals surface area contributed by atoms with Crippen molar-refractivity contribution in [1.29, 1.82) is 0 Å². The Balaban J connectivity index is 1.58. The molecule has 2 amide bonds. The Hall–Kier alpha value is -3.28. The molecule has 1 N–H and O–H groups in total. The molecule has 0 heterocycles. The summed E-state index contributed by atoms with van der Waals surface area (Å²) in [5.74, 6) is -0.151. The second-order valence-electron chi connectivity index (χ2n) is 9.33. The van der Waals surface area contributed by atoms with E-state index in [9.17, 15) is 9.59 Å². The van der Waals surface area contributed by atoms with Crippen molar-refractivity contribution in [3.63, 3.8) is 0 Å². The van der Waals surface area contributed by atoms with E-state index in [-0.39, 0.29) is 25.0 Å². The van der Waals surface area contributed by atoms with Gasteiger partial charge in [0.1, 0.15) is 11.8 Å². The number of nitrogens with zero attached hydrogens (tertiary/aromatic N) is 1. The molecule has 5 nitrogen and oxygen atoms in total. The van der Waals surface area contributed by atoms with Crippen molar-refractivity contribution in [1.82, 2.24) is 10.2 Å². The average Bonchev–Trinajstić information content (AvgIpc) is 2.94. The highest BCUT2D eigenvalue weighted by Gasteiger charge is 2.32. The summed E-state index contributed by atoms with van der Waals surface area (Å²) in [6.07, 6.45) is 7.70. The molecule has 38 heavy (non-hydrogen) atoms. The molecule has 0 aromatic heterocycles. The number of rotatable bonds is 11. The number of amides is 2. The van der Waals surface area contributed by atoms with Crippen molar-refractivity contribution in [2.75, 3.05) is 13.2 Å². The standard InChI is InChI=1S/C31H32Cl2N2O3/c32-26-17-15-24(16-18-26)21-35(29(36)22-38-28-14-8-7-13-27(28)33)30(25-11-5-2-6-12-25)31(37)34-20-19-23-9-3-1-4-10-23/h2,5-9,11-18,30H,1,3-4,10,19-22H2,(H,34,37)/t30-/m0/s1. The fourth-order valence-corrected chi connectivity index (χ4v) is 4.89. The van der Waals surface area contributed by atoms with Gasteiger partial charge in [-0.25, -0.2) is 0 Å². The van der Waals surface area contributed by atoms with Gasteiger partial charge in [0.15, 0.2) is 6.61 Å². The minimum absolute atomic E-state index is 0.208. The largest absolute Gasteiger partial charge is 0.482 e. The predicted molar refractivity (Wildman–Crippen MR) is 152 cm³/mol. The van der Waals surface area contributed by atoms with Gasteiger partial charge in [0.25, 0.3) is 5.91 Å². The van der Waals surface area contributed by atoms with Crippen LogP contribution in [0.25, 0.3) is 0 Å². The molecule has 0 fully saturated rings. The summed E-state index contributed by atoms with van der Waals surface area (Å²) in [5.41, 5.74) is 2.96. The number of allylic oxidation sites excluding steroid dienone is 1. The molecule has 3 aromatic rings. The topological polar surface area (TPSA) is 58.6 Å². The first kappa shape index (κ1) is 27.7. The lowest BCUT2D eigenvalue weighted by Gasteiger charge is -2.31. The third kappa shape index (κ3) is 7.86. The number of para-hydroxylation sites is 1. The number of benzene rings is 3. The van der Waals surface area contributed by atoms with Crippen molar-refractivity contribution in [2.24, 2.45) is 0 Å². The van der Waals surface area contributed by atoms with E-state index in [4.69, 9.17) is 27.9 Å². The Morgan fingerprint density at radius 2 is 1.66 bits per heavy atom. The minimum Gasteiger partial charge on any atom is -0.482 e. The molecule has 0 radical (unpaired) electrons. The zero-order valence-corrected chi connectivity index (χ0v) is 22.8. The molecule has 0 unspecified atom stereocenters. The van der Waals surface area contributed by atoms with E-state index in [0.29, 0.717) is 22.3 Å².